The molecule has 1 aromatic carbocycles. The van der Waals surface area contributed by atoms with E-state index in [1.165, 1.54) is 11.8 Å². The molecule has 1 aliphatic rings. The molecule has 23 heavy (non-hydrogen) atoms. The van der Waals surface area contributed by atoms with Crippen molar-refractivity contribution in [2.45, 2.75) is 52.9 Å². The molecule has 6 heteroatoms. The van der Waals surface area contributed by atoms with Crippen LogP contribution in [0.2, 0.25) is 0 Å². The molecule has 0 aromatic heterocycles. The van der Waals surface area contributed by atoms with E-state index in [0.717, 1.165) is 0 Å². The Kier molecular flexibility index (Phi) is 4.73. The van der Waals surface area contributed by atoms with Gasteiger partial charge in [-0.05, 0) is 52.8 Å². The second-order valence-electron chi connectivity index (χ2n) is 5.87. The Morgan fingerprint density at radius 1 is 1.26 bits per heavy atom. The van der Waals surface area contributed by atoms with Gasteiger partial charge in [0, 0.05) is 5.56 Å². The molecule has 0 N–H and O–H groups in total. The summed E-state index contributed by atoms with van der Waals surface area (Å²) in [5, 5.41) is 0. The smallest absolute Gasteiger partial charge is 0.329 e. The van der Waals surface area contributed by atoms with E-state index in [1.807, 2.05) is 0 Å². The molecule has 2 atom stereocenters. The van der Waals surface area contributed by atoms with Crippen LogP contribution in [-0.4, -0.2) is 35.9 Å². The van der Waals surface area contributed by atoms with Gasteiger partial charge in [-0.15, -0.1) is 0 Å². The lowest BCUT2D eigenvalue weighted by Crippen LogP contribution is -2.52. The Morgan fingerprint density at radius 2 is 1.91 bits per heavy atom. The first-order chi connectivity index (χ1) is 10.7. The van der Waals surface area contributed by atoms with Gasteiger partial charge in [-0.25, -0.2) is 4.79 Å². The largest absolute Gasteiger partial charge is 0.479 e. The third-order valence-electron chi connectivity index (χ3n) is 3.59. The minimum atomic E-state index is -0.808. The normalized spacial score (nSPS) is 18.3. The Labute approximate surface area is 135 Å². The van der Waals surface area contributed by atoms with Gasteiger partial charge in [-0.2, -0.15) is 0 Å². The first-order valence-electron chi connectivity index (χ1n) is 7.57. The number of fused-ring (bicyclic) bond motifs is 1. The van der Waals surface area contributed by atoms with E-state index >= 15 is 0 Å². The van der Waals surface area contributed by atoms with Crippen molar-refractivity contribution in [1.82, 2.24) is 0 Å². The summed E-state index contributed by atoms with van der Waals surface area (Å²) in [7, 11) is 0. The molecule has 0 aliphatic carbocycles. The molecule has 1 aromatic rings. The Hall–Kier alpha value is -2.37. The van der Waals surface area contributed by atoms with E-state index in [4.69, 9.17) is 9.47 Å². The van der Waals surface area contributed by atoms with E-state index in [1.54, 1.807) is 45.9 Å². The first kappa shape index (κ1) is 17.0. The van der Waals surface area contributed by atoms with Gasteiger partial charge >= 0.3 is 5.97 Å². The highest BCUT2D eigenvalue weighted by Gasteiger charge is 2.38. The van der Waals surface area contributed by atoms with Crippen molar-refractivity contribution in [3.63, 3.8) is 0 Å². The van der Waals surface area contributed by atoms with E-state index < -0.39 is 18.1 Å². The molecule has 6 nitrogen and oxygen atoms in total. The van der Waals surface area contributed by atoms with Gasteiger partial charge in [0.25, 0.3) is 5.91 Å². The van der Waals surface area contributed by atoms with Crippen molar-refractivity contribution >= 4 is 23.3 Å². The van der Waals surface area contributed by atoms with Crippen LogP contribution in [0.1, 0.15) is 45.0 Å². The fraction of sp³-hybridized carbons (Fsp3) is 0.471. The van der Waals surface area contributed by atoms with Crippen LogP contribution in [0.4, 0.5) is 5.69 Å². The van der Waals surface area contributed by atoms with Crippen LogP contribution in [0.3, 0.4) is 0 Å². The number of nitrogens with zero attached hydrogens (tertiary/aromatic N) is 1. The SMILES string of the molecule is CC(=O)c1ccc2c(c1)N(C(C)C(=O)OC(C)C)C(=O)C(C)O2. The number of carbonyl (C=O) groups is 3. The maximum atomic E-state index is 12.5. The third kappa shape index (κ3) is 3.36. The molecular formula is C17H21NO5. The van der Waals surface area contributed by atoms with Crippen molar-refractivity contribution in [3.05, 3.63) is 23.8 Å². The Morgan fingerprint density at radius 3 is 2.48 bits per heavy atom. The number of carbonyl (C=O) groups excluding carboxylic acids is 3. The maximum Gasteiger partial charge on any atom is 0.329 e. The number of hydrogen-bond donors (Lipinski definition) is 0. The topological polar surface area (TPSA) is 72.9 Å². The molecule has 0 radical (unpaired) electrons. The molecule has 2 rings (SSSR count). The van der Waals surface area contributed by atoms with Gasteiger partial charge in [0.2, 0.25) is 0 Å². The van der Waals surface area contributed by atoms with Crippen LogP contribution >= 0.6 is 0 Å². The summed E-state index contributed by atoms with van der Waals surface area (Å²) >= 11 is 0. The van der Waals surface area contributed by atoms with E-state index in [2.05, 4.69) is 0 Å². The summed E-state index contributed by atoms with van der Waals surface area (Å²) in [6, 6.07) is 4.04. The average molecular weight is 319 g/mol. The highest BCUT2D eigenvalue weighted by molar-refractivity contribution is 6.05. The Bertz CT molecular complexity index is 652. The lowest BCUT2D eigenvalue weighted by atomic mass is 10.1. The maximum absolute atomic E-state index is 12.5. The van der Waals surface area contributed by atoms with Crippen LogP contribution in [0.5, 0.6) is 5.75 Å². The number of benzene rings is 1. The minimum absolute atomic E-state index is 0.128. The fourth-order valence-corrected chi connectivity index (χ4v) is 2.42. The number of ketones is 1. The standard InChI is InChI=1S/C17H21NO5/c1-9(2)22-17(21)10(3)18-14-8-13(11(4)19)6-7-15(14)23-12(5)16(18)20/h6-10,12H,1-5H3. The van der Waals surface area contributed by atoms with Gasteiger partial charge in [0.05, 0.1) is 11.8 Å². The van der Waals surface area contributed by atoms with Crippen LogP contribution < -0.4 is 9.64 Å². The van der Waals surface area contributed by atoms with E-state index in [9.17, 15) is 14.4 Å². The molecule has 1 aliphatic heterocycles. The first-order valence-corrected chi connectivity index (χ1v) is 7.57. The molecule has 0 fully saturated rings. The van der Waals surface area contributed by atoms with E-state index in [0.29, 0.717) is 17.0 Å². The lowest BCUT2D eigenvalue weighted by molar-refractivity contribution is -0.150. The fourth-order valence-electron chi connectivity index (χ4n) is 2.42. The number of anilines is 1. The van der Waals surface area contributed by atoms with Gasteiger partial charge in [0.1, 0.15) is 11.8 Å². The summed E-state index contributed by atoms with van der Waals surface area (Å²) < 4.78 is 10.8. The van der Waals surface area contributed by atoms with Crippen molar-refractivity contribution in [2.75, 3.05) is 4.90 Å². The van der Waals surface area contributed by atoms with Crippen LogP contribution in [-0.2, 0) is 14.3 Å². The molecule has 1 amide bonds. The highest BCUT2D eigenvalue weighted by atomic mass is 16.5. The van der Waals surface area contributed by atoms with Crippen LogP contribution in [0.15, 0.2) is 18.2 Å². The molecular weight excluding hydrogens is 298 g/mol. The zero-order valence-corrected chi connectivity index (χ0v) is 14.0. The quantitative estimate of drug-likeness (QED) is 0.629. The summed E-state index contributed by atoms with van der Waals surface area (Å²) in [5.74, 6) is -0.504. The predicted octanol–water partition coefficient (Wildman–Crippen LogP) is 2.34. The van der Waals surface area contributed by atoms with Crippen molar-refractivity contribution in [3.8, 4) is 5.75 Å². The number of ether oxygens (including phenoxy) is 2. The van der Waals surface area contributed by atoms with Crippen molar-refractivity contribution < 1.29 is 23.9 Å². The summed E-state index contributed by atoms with van der Waals surface area (Å²) in [5.41, 5.74) is 0.859. The zero-order valence-electron chi connectivity index (χ0n) is 14.0. The highest BCUT2D eigenvalue weighted by Crippen LogP contribution is 2.36. The monoisotopic (exact) mass is 319 g/mol. The zero-order chi connectivity index (χ0) is 17.3. The van der Waals surface area contributed by atoms with Crippen LogP contribution in [0.25, 0.3) is 0 Å². The number of Topliss-reactive ketones (excluding diaryl/α,β-unsaturated/α-hetero) is 1. The van der Waals surface area contributed by atoms with Gasteiger partial charge in [-0.3, -0.25) is 14.5 Å². The predicted molar refractivity (Wildman–Crippen MR) is 84.7 cm³/mol. The number of amides is 1. The van der Waals surface area contributed by atoms with Crippen molar-refractivity contribution in [1.29, 1.82) is 0 Å². The number of rotatable bonds is 4. The van der Waals surface area contributed by atoms with Gasteiger partial charge < -0.3 is 9.47 Å². The molecule has 0 saturated carbocycles. The lowest BCUT2D eigenvalue weighted by Gasteiger charge is -2.36. The van der Waals surface area contributed by atoms with Gasteiger partial charge in [0.15, 0.2) is 11.9 Å². The van der Waals surface area contributed by atoms with E-state index in [-0.39, 0.29) is 17.8 Å². The molecule has 0 saturated heterocycles. The third-order valence-corrected chi connectivity index (χ3v) is 3.59. The molecule has 124 valence electrons. The van der Waals surface area contributed by atoms with Crippen LogP contribution in [0, 0.1) is 0 Å². The minimum Gasteiger partial charge on any atom is -0.479 e. The molecule has 2 unspecified atom stereocenters. The summed E-state index contributed by atoms with van der Waals surface area (Å²) in [4.78, 5) is 37.7. The summed E-state index contributed by atoms with van der Waals surface area (Å²) in [6.45, 7) is 8.16. The molecule has 1 heterocycles. The second-order valence-corrected chi connectivity index (χ2v) is 5.87. The second kappa shape index (κ2) is 6.40. The Balaban J connectivity index is 2.46. The molecule has 0 bridgehead atoms. The number of hydrogen-bond acceptors (Lipinski definition) is 5. The number of esters is 1. The molecule has 0 spiro atoms. The van der Waals surface area contributed by atoms with Gasteiger partial charge in [-0.1, -0.05) is 0 Å². The van der Waals surface area contributed by atoms with Crippen molar-refractivity contribution in [2.24, 2.45) is 0 Å². The summed E-state index contributed by atoms with van der Waals surface area (Å²) in [6.07, 6.45) is -0.985. The average Bonchev–Trinajstić information content (AvgIpc) is 2.46.